The van der Waals surface area contributed by atoms with Crippen LogP contribution >= 0.6 is 0 Å². The fourth-order valence-electron chi connectivity index (χ4n) is 1.82. The normalized spacial score (nSPS) is 9.79. The number of carbonyl (C=O) groups is 1. The number of benzene rings is 1. The van der Waals surface area contributed by atoms with Crippen LogP contribution in [0.3, 0.4) is 0 Å². The maximum Gasteiger partial charge on any atom is 0.165 e. The van der Waals surface area contributed by atoms with Gasteiger partial charge in [0.1, 0.15) is 11.7 Å². The monoisotopic (exact) mass is 256 g/mol. The van der Waals surface area contributed by atoms with Crippen LogP contribution in [0.15, 0.2) is 12.1 Å². The number of carbonyl (C=O) groups excluding carboxylic acids is 1. The Kier molecular flexibility index (Phi) is 5.09. The van der Waals surface area contributed by atoms with Crippen LogP contribution in [-0.4, -0.2) is 12.4 Å². The molecular weight excluding hydrogens is 240 g/mol. The lowest BCUT2D eigenvalue weighted by Crippen LogP contribution is -2.08. The molecule has 0 aliphatic rings. The first-order chi connectivity index (χ1) is 9.03. The quantitative estimate of drug-likeness (QED) is 0.759. The maximum absolute atomic E-state index is 12.1. The van der Waals surface area contributed by atoms with E-state index < -0.39 is 5.92 Å². The van der Waals surface area contributed by atoms with Gasteiger partial charge in [0.05, 0.1) is 18.7 Å². The summed E-state index contributed by atoms with van der Waals surface area (Å²) in [6.45, 7) is 6.16. The minimum absolute atomic E-state index is 0.0682. The van der Waals surface area contributed by atoms with Crippen molar-refractivity contribution >= 4 is 5.78 Å². The largest absolute Gasteiger partial charge is 0.494 e. The molecule has 0 heterocycles. The molecule has 0 unspecified atom stereocenters. The van der Waals surface area contributed by atoms with Crippen LogP contribution in [0.25, 0.3) is 0 Å². The molecule has 0 amide bonds. The molecule has 98 valence electrons. The molecule has 0 aromatic heterocycles. The standard InChI is InChI=1S/C15H16N2O2/c1-4-19-15-6-10(2)13(5-11(15)3)14(18)7-12(8-16)9-17/h5-6,12H,4,7H2,1-3H3. The average molecular weight is 256 g/mol. The van der Waals surface area contributed by atoms with Crippen LogP contribution in [0.1, 0.15) is 34.8 Å². The smallest absolute Gasteiger partial charge is 0.165 e. The molecule has 4 nitrogen and oxygen atoms in total. The third-order valence-corrected chi connectivity index (χ3v) is 2.82. The highest BCUT2D eigenvalue weighted by Crippen LogP contribution is 2.24. The predicted molar refractivity (Wildman–Crippen MR) is 70.7 cm³/mol. The van der Waals surface area contributed by atoms with Gasteiger partial charge in [0, 0.05) is 12.0 Å². The van der Waals surface area contributed by atoms with Crippen LogP contribution in [-0.2, 0) is 0 Å². The topological polar surface area (TPSA) is 73.9 Å². The highest BCUT2D eigenvalue weighted by Gasteiger charge is 2.17. The van der Waals surface area contributed by atoms with E-state index in [0.717, 1.165) is 16.9 Å². The van der Waals surface area contributed by atoms with Gasteiger partial charge >= 0.3 is 0 Å². The summed E-state index contributed by atoms with van der Waals surface area (Å²) in [7, 11) is 0. The molecule has 0 bridgehead atoms. The Morgan fingerprint density at radius 3 is 2.42 bits per heavy atom. The van der Waals surface area contributed by atoms with E-state index >= 15 is 0 Å². The molecule has 19 heavy (non-hydrogen) atoms. The van der Waals surface area contributed by atoms with Crippen molar-refractivity contribution in [3.63, 3.8) is 0 Å². The van der Waals surface area contributed by atoms with Crippen LogP contribution in [0, 0.1) is 42.4 Å². The minimum Gasteiger partial charge on any atom is -0.494 e. The van der Waals surface area contributed by atoms with Crippen LogP contribution in [0.4, 0.5) is 0 Å². The fourth-order valence-corrected chi connectivity index (χ4v) is 1.82. The van der Waals surface area contributed by atoms with E-state index in [2.05, 4.69) is 0 Å². The molecule has 1 rings (SSSR count). The Morgan fingerprint density at radius 2 is 1.89 bits per heavy atom. The van der Waals surface area contributed by atoms with Crippen molar-refractivity contribution in [1.82, 2.24) is 0 Å². The number of rotatable bonds is 5. The van der Waals surface area contributed by atoms with E-state index in [-0.39, 0.29) is 12.2 Å². The average Bonchev–Trinajstić information content (AvgIpc) is 2.39. The van der Waals surface area contributed by atoms with Crippen molar-refractivity contribution in [3.05, 3.63) is 28.8 Å². The first kappa shape index (κ1) is 14.7. The van der Waals surface area contributed by atoms with Crippen molar-refractivity contribution in [1.29, 1.82) is 10.5 Å². The molecule has 1 aromatic rings. The van der Waals surface area contributed by atoms with E-state index in [9.17, 15) is 4.79 Å². The Bertz CT molecular complexity index is 551. The van der Waals surface area contributed by atoms with Gasteiger partial charge in [-0.1, -0.05) is 0 Å². The maximum atomic E-state index is 12.1. The van der Waals surface area contributed by atoms with Gasteiger partial charge in [0.15, 0.2) is 5.78 Å². The summed E-state index contributed by atoms with van der Waals surface area (Å²) in [5, 5.41) is 17.4. The van der Waals surface area contributed by atoms with Crippen molar-refractivity contribution in [2.75, 3.05) is 6.61 Å². The van der Waals surface area contributed by atoms with Gasteiger partial charge in [-0.05, 0) is 44.0 Å². The number of aryl methyl sites for hydroxylation is 2. The number of hydrogen-bond acceptors (Lipinski definition) is 4. The first-order valence-corrected chi connectivity index (χ1v) is 6.10. The van der Waals surface area contributed by atoms with Gasteiger partial charge in [-0.15, -0.1) is 0 Å². The number of ketones is 1. The zero-order valence-electron chi connectivity index (χ0n) is 11.4. The summed E-state index contributed by atoms with van der Waals surface area (Å²) < 4.78 is 5.46. The number of nitriles is 2. The number of hydrogen-bond donors (Lipinski definition) is 0. The molecule has 0 atom stereocenters. The third kappa shape index (κ3) is 3.56. The second kappa shape index (κ2) is 6.56. The zero-order chi connectivity index (χ0) is 14.4. The number of nitrogens with zero attached hydrogens (tertiary/aromatic N) is 2. The Labute approximate surface area is 113 Å². The number of Topliss-reactive ketones (excluding diaryl/α,β-unsaturated/α-hetero) is 1. The van der Waals surface area contributed by atoms with Crippen molar-refractivity contribution in [2.45, 2.75) is 27.2 Å². The van der Waals surface area contributed by atoms with E-state index in [1.54, 1.807) is 6.07 Å². The lowest BCUT2D eigenvalue weighted by molar-refractivity contribution is 0.0976. The second-order valence-electron chi connectivity index (χ2n) is 4.30. The molecule has 0 aliphatic heterocycles. The predicted octanol–water partition coefficient (Wildman–Crippen LogP) is 2.94. The van der Waals surface area contributed by atoms with Crippen molar-refractivity contribution in [2.24, 2.45) is 5.92 Å². The number of ether oxygens (including phenoxy) is 1. The van der Waals surface area contributed by atoms with Gasteiger partial charge in [-0.2, -0.15) is 10.5 Å². The van der Waals surface area contributed by atoms with Crippen LogP contribution in [0.2, 0.25) is 0 Å². The van der Waals surface area contributed by atoms with E-state index in [4.69, 9.17) is 15.3 Å². The highest BCUT2D eigenvalue weighted by atomic mass is 16.5. The summed E-state index contributed by atoms with van der Waals surface area (Å²) in [6, 6.07) is 7.20. The summed E-state index contributed by atoms with van der Waals surface area (Å²) in [4.78, 5) is 12.1. The van der Waals surface area contributed by atoms with E-state index in [1.807, 2.05) is 39.0 Å². The molecule has 0 N–H and O–H groups in total. The second-order valence-corrected chi connectivity index (χ2v) is 4.30. The molecule has 0 radical (unpaired) electrons. The van der Waals surface area contributed by atoms with Crippen LogP contribution in [0.5, 0.6) is 5.75 Å². The summed E-state index contributed by atoms with van der Waals surface area (Å²) in [6.07, 6.45) is -0.0682. The summed E-state index contributed by atoms with van der Waals surface area (Å²) in [5.41, 5.74) is 2.23. The van der Waals surface area contributed by atoms with Crippen molar-refractivity contribution in [3.8, 4) is 17.9 Å². The van der Waals surface area contributed by atoms with Crippen LogP contribution < -0.4 is 4.74 Å². The molecule has 1 aromatic carbocycles. The first-order valence-electron chi connectivity index (χ1n) is 6.10. The molecule has 4 heteroatoms. The summed E-state index contributed by atoms with van der Waals surface area (Å²) in [5.74, 6) is -0.316. The van der Waals surface area contributed by atoms with Gasteiger partial charge in [-0.3, -0.25) is 4.79 Å². The molecule has 0 saturated carbocycles. The lowest BCUT2D eigenvalue weighted by atomic mass is 9.95. The lowest BCUT2D eigenvalue weighted by Gasteiger charge is -2.12. The molecule has 0 saturated heterocycles. The fraction of sp³-hybridized carbons (Fsp3) is 0.400. The Balaban J connectivity index is 3.03. The van der Waals surface area contributed by atoms with Gasteiger partial charge in [-0.25, -0.2) is 0 Å². The van der Waals surface area contributed by atoms with Gasteiger partial charge in [0.25, 0.3) is 0 Å². The van der Waals surface area contributed by atoms with Crippen molar-refractivity contribution < 1.29 is 9.53 Å². The minimum atomic E-state index is -0.890. The Morgan fingerprint density at radius 1 is 1.26 bits per heavy atom. The molecular formula is C15H16N2O2. The molecule has 0 spiro atoms. The Hall–Kier alpha value is -2.33. The van der Waals surface area contributed by atoms with E-state index in [0.29, 0.717) is 12.2 Å². The van der Waals surface area contributed by atoms with E-state index in [1.165, 1.54) is 0 Å². The molecule has 0 fully saturated rings. The third-order valence-electron chi connectivity index (χ3n) is 2.82. The molecule has 0 aliphatic carbocycles. The SMILES string of the molecule is CCOc1cc(C)c(C(=O)CC(C#N)C#N)cc1C. The summed E-state index contributed by atoms with van der Waals surface area (Å²) >= 11 is 0. The van der Waals surface area contributed by atoms with Gasteiger partial charge < -0.3 is 4.74 Å². The zero-order valence-corrected chi connectivity index (χ0v) is 11.4. The van der Waals surface area contributed by atoms with Gasteiger partial charge in [0.2, 0.25) is 0 Å². The highest BCUT2D eigenvalue weighted by molar-refractivity contribution is 5.98.